The Hall–Kier alpha value is -5.00. The van der Waals surface area contributed by atoms with Gasteiger partial charge in [0, 0.05) is 22.3 Å². The topological polar surface area (TPSA) is 51.6 Å². The molecule has 0 radical (unpaired) electrons. The van der Waals surface area contributed by atoms with Crippen molar-refractivity contribution in [3.63, 3.8) is 0 Å². The lowest BCUT2D eigenvalue weighted by Crippen LogP contribution is -2.00. The van der Waals surface area contributed by atoms with E-state index in [0.29, 0.717) is 17.5 Å². The Morgan fingerprint density at radius 3 is 1.38 bits per heavy atom. The first-order valence-electron chi connectivity index (χ1n) is 12.7. The van der Waals surface area contributed by atoms with Crippen LogP contribution in [0.25, 0.3) is 66.1 Å². The summed E-state index contributed by atoms with van der Waals surface area (Å²) in [5.74, 6) is 1.88. The molecule has 2 aromatic heterocycles. The molecule has 39 heavy (non-hydrogen) atoms. The van der Waals surface area contributed by atoms with Gasteiger partial charge in [0.25, 0.3) is 0 Å². The monoisotopic (exact) mass is 518 g/mol. The molecular formula is C34H22N4S. The van der Waals surface area contributed by atoms with Crippen LogP contribution >= 0.6 is 11.3 Å². The number of hydrogen-bond acceptors (Lipinski definition) is 5. The number of rotatable bonds is 5. The third-order valence-corrected chi connectivity index (χ3v) is 7.61. The van der Waals surface area contributed by atoms with E-state index in [1.165, 1.54) is 0 Å². The average molecular weight is 519 g/mol. The molecule has 0 saturated heterocycles. The fourth-order valence-corrected chi connectivity index (χ4v) is 5.67. The first kappa shape index (κ1) is 23.1. The van der Waals surface area contributed by atoms with E-state index in [9.17, 15) is 0 Å². The van der Waals surface area contributed by atoms with Crippen LogP contribution in [-0.4, -0.2) is 19.9 Å². The summed E-state index contributed by atoms with van der Waals surface area (Å²) in [4.78, 5) is 20.0. The van der Waals surface area contributed by atoms with Gasteiger partial charge >= 0.3 is 0 Å². The second kappa shape index (κ2) is 10.0. The third kappa shape index (κ3) is 4.60. The Morgan fingerprint density at radius 2 is 0.846 bits per heavy atom. The molecule has 7 rings (SSSR count). The van der Waals surface area contributed by atoms with Gasteiger partial charge in [0.15, 0.2) is 17.5 Å². The zero-order valence-corrected chi connectivity index (χ0v) is 21.7. The fraction of sp³-hybridized carbons (Fsp3) is 0. The quantitative estimate of drug-likeness (QED) is 0.228. The molecule has 7 aromatic rings. The Bertz CT molecular complexity index is 1830. The van der Waals surface area contributed by atoms with Gasteiger partial charge in [0.2, 0.25) is 0 Å². The molecule has 5 aromatic carbocycles. The van der Waals surface area contributed by atoms with Gasteiger partial charge in [0.05, 0.1) is 10.2 Å². The maximum atomic E-state index is 5.12. The molecule has 0 aliphatic heterocycles. The van der Waals surface area contributed by atoms with Crippen molar-refractivity contribution in [2.45, 2.75) is 0 Å². The lowest BCUT2D eigenvalue weighted by molar-refractivity contribution is 1.08. The maximum Gasteiger partial charge on any atom is 0.166 e. The second-order valence-electron chi connectivity index (χ2n) is 9.16. The van der Waals surface area contributed by atoms with E-state index in [4.69, 9.17) is 19.9 Å². The van der Waals surface area contributed by atoms with E-state index in [2.05, 4.69) is 48.5 Å². The second-order valence-corrected chi connectivity index (χ2v) is 10.2. The molecule has 0 aliphatic carbocycles. The summed E-state index contributed by atoms with van der Waals surface area (Å²) in [6.07, 6.45) is 0. The molecule has 0 fully saturated rings. The molecule has 0 amide bonds. The number of fused-ring (bicyclic) bond motifs is 1. The average Bonchev–Trinajstić information content (AvgIpc) is 3.47. The summed E-state index contributed by atoms with van der Waals surface area (Å²) in [6.45, 7) is 0. The number of hydrogen-bond donors (Lipinski definition) is 0. The molecule has 0 aliphatic rings. The fourth-order valence-electron chi connectivity index (χ4n) is 4.63. The summed E-state index contributed by atoms with van der Waals surface area (Å²) >= 11 is 1.69. The lowest BCUT2D eigenvalue weighted by Gasteiger charge is -2.10. The summed E-state index contributed by atoms with van der Waals surface area (Å²) in [5.41, 5.74) is 7.00. The van der Waals surface area contributed by atoms with Gasteiger partial charge in [-0.15, -0.1) is 11.3 Å². The van der Waals surface area contributed by atoms with Crippen molar-refractivity contribution in [3.8, 4) is 55.9 Å². The predicted molar refractivity (Wildman–Crippen MR) is 160 cm³/mol. The number of thiazole rings is 1. The zero-order chi connectivity index (χ0) is 26.0. The van der Waals surface area contributed by atoms with Gasteiger partial charge in [-0.2, -0.15) is 0 Å². The highest BCUT2D eigenvalue weighted by Gasteiger charge is 2.18. The summed E-state index contributed by atoms with van der Waals surface area (Å²) in [6, 6.07) is 45.2. The van der Waals surface area contributed by atoms with Crippen LogP contribution < -0.4 is 0 Å². The Balaban J connectivity index is 1.50. The summed E-state index contributed by atoms with van der Waals surface area (Å²) < 4.78 is 1.09. The van der Waals surface area contributed by atoms with Crippen molar-refractivity contribution in [3.05, 3.63) is 133 Å². The van der Waals surface area contributed by atoms with Gasteiger partial charge in [-0.3, -0.25) is 0 Å². The van der Waals surface area contributed by atoms with Crippen molar-refractivity contribution < 1.29 is 0 Å². The minimum absolute atomic E-state index is 0.607. The number of aromatic nitrogens is 4. The minimum Gasteiger partial charge on any atom is -0.235 e. The van der Waals surface area contributed by atoms with E-state index >= 15 is 0 Å². The van der Waals surface area contributed by atoms with Crippen molar-refractivity contribution in [2.24, 2.45) is 0 Å². The molecule has 0 N–H and O–H groups in total. The van der Waals surface area contributed by atoms with Crippen molar-refractivity contribution in [2.75, 3.05) is 0 Å². The highest BCUT2D eigenvalue weighted by atomic mass is 32.1. The van der Waals surface area contributed by atoms with E-state index in [1.54, 1.807) is 11.3 Å². The summed E-state index contributed by atoms with van der Waals surface area (Å²) in [5, 5.41) is 0.970. The third-order valence-electron chi connectivity index (χ3n) is 6.56. The highest BCUT2D eigenvalue weighted by Crippen LogP contribution is 2.39. The van der Waals surface area contributed by atoms with Crippen molar-refractivity contribution in [1.82, 2.24) is 19.9 Å². The van der Waals surface area contributed by atoms with Crippen LogP contribution in [0.5, 0.6) is 0 Å². The molecule has 0 unspecified atom stereocenters. The Labute approximate surface area is 230 Å². The molecule has 0 spiro atoms. The van der Waals surface area contributed by atoms with Gasteiger partial charge in [0.1, 0.15) is 5.01 Å². The largest absolute Gasteiger partial charge is 0.235 e. The van der Waals surface area contributed by atoms with Crippen molar-refractivity contribution in [1.29, 1.82) is 0 Å². The maximum absolute atomic E-state index is 5.12. The van der Waals surface area contributed by atoms with Gasteiger partial charge in [-0.05, 0) is 23.3 Å². The molecule has 184 valence electrons. The molecule has 0 saturated carbocycles. The lowest BCUT2D eigenvalue weighted by atomic mass is 10.0. The summed E-state index contributed by atoms with van der Waals surface area (Å²) in [7, 11) is 0. The predicted octanol–water partition coefficient (Wildman–Crippen LogP) is 8.82. The number of benzene rings is 5. The molecular weight excluding hydrogens is 496 g/mol. The smallest absolute Gasteiger partial charge is 0.166 e. The molecule has 5 heteroatoms. The van der Waals surface area contributed by atoms with E-state index in [0.717, 1.165) is 48.6 Å². The van der Waals surface area contributed by atoms with Crippen LogP contribution in [0, 0.1) is 0 Å². The normalized spacial score (nSPS) is 11.1. The minimum atomic E-state index is 0.607. The Morgan fingerprint density at radius 1 is 0.385 bits per heavy atom. The van der Waals surface area contributed by atoms with E-state index in [1.807, 2.05) is 84.9 Å². The molecule has 0 atom stereocenters. The van der Waals surface area contributed by atoms with E-state index < -0.39 is 0 Å². The van der Waals surface area contributed by atoms with Gasteiger partial charge in [-0.1, -0.05) is 121 Å². The van der Waals surface area contributed by atoms with E-state index in [-0.39, 0.29) is 0 Å². The van der Waals surface area contributed by atoms with Crippen LogP contribution in [-0.2, 0) is 0 Å². The molecule has 0 bridgehead atoms. The molecule has 4 nitrogen and oxygen atoms in total. The molecule has 2 heterocycles. The Kier molecular flexibility index (Phi) is 5.96. The zero-order valence-electron chi connectivity index (χ0n) is 20.9. The first-order valence-corrected chi connectivity index (χ1v) is 13.6. The van der Waals surface area contributed by atoms with Crippen LogP contribution in [0.4, 0.5) is 0 Å². The van der Waals surface area contributed by atoms with Gasteiger partial charge < -0.3 is 0 Å². The van der Waals surface area contributed by atoms with Gasteiger partial charge in [-0.25, -0.2) is 19.9 Å². The highest BCUT2D eigenvalue weighted by molar-refractivity contribution is 7.21. The van der Waals surface area contributed by atoms with Crippen LogP contribution in [0.2, 0.25) is 0 Å². The first-order chi connectivity index (χ1) is 19.3. The SMILES string of the molecule is c1ccc(-c2cc(-c3nc(-c4ccccc4)nc(-c4ccccc4)n3)c3nc(-c4ccccc4)sc3c2)cc1. The van der Waals surface area contributed by atoms with Crippen LogP contribution in [0.15, 0.2) is 133 Å². The van der Waals surface area contributed by atoms with Crippen LogP contribution in [0.1, 0.15) is 0 Å². The van der Waals surface area contributed by atoms with Crippen LogP contribution in [0.3, 0.4) is 0 Å². The standard InChI is InChI=1S/C34H22N4S/c1-5-13-23(14-6-1)27-21-28(30-29(22-27)39-34(35-30)26-19-11-4-12-20-26)33-37-31(24-15-7-2-8-16-24)36-32(38-33)25-17-9-3-10-18-25/h1-22H. The number of nitrogens with zero attached hydrogens (tertiary/aromatic N) is 4. The van der Waals surface area contributed by atoms with Crippen molar-refractivity contribution >= 4 is 21.6 Å².